The van der Waals surface area contributed by atoms with Crippen LogP contribution < -0.4 is 10.1 Å². The SMILES string of the molecule is COc1c(C)cc(NC(=O)OC(C)(C)C)c(C)c1C=O. The topological polar surface area (TPSA) is 64.6 Å². The van der Waals surface area contributed by atoms with Crippen molar-refractivity contribution < 1.29 is 19.1 Å². The Bertz CT molecular complexity index is 530. The molecule has 0 saturated heterocycles. The maximum Gasteiger partial charge on any atom is 0.412 e. The Morgan fingerprint density at radius 3 is 2.35 bits per heavy atom. The van der Waals surface area contributed by atoms with E-state index in [1.165, 1.54) is 7.11 Å². The minimum absolute atomic E-state index is 0.429. The zero-order chi connectivity index (χ0) is 15.5. The lowest BCUT2D eigenvalue weighted by atomic mass is 10.0. The van der Waals surface area contributed by atoms with Gasteiger partial charge in [-0.3, -0.25) is 10.1 Å². The fourth-order valence-corrected chi connectivity index (χ4v) is 1.87. The lowest BCUT2D eigenvalue weighted by molar-refractivity contribution is 0.0635. The molecule has 0 aliphatic carbocycles. The van der Waals surface area contributed by atoms with Gasteiger partial charge in [0, 0.05) is 5.69 Å². The normalized spacial score (nSPS) is 10.9. The fourth-order valence-electron chi connectivity index (χ4n) is 1.87. The maximum atomic E-state index is 11.8. The Balaban J connectivity index is 3.12. The summed E-state index contributed by atoms with van der Waals surface area (Å²) >= 11 is 0. The van der Waals surface area contributed by atoms with Crippen molar-refractivity contribution in [3.63, 3.8) is 0 Å². The summed E-state index contributed by atoms with van der Waals surface area (Å²) in [5, 5.41) is 2.66. The van der Waals surface area contributed by atoms with Gasteiger partial charge < -0.3 is 9.47 Å². The third-order valence-electron chi connectivity index (χ3n) is 2.73. The zero-order valence-corrected chi connectivity index (χ0v) is 12.8. The third kappa shape index (κ3) is 3.73. The van der Waals surface area contributed by atoms with Crippen LogP contribution in [0.1, 0.15) is 42.3 Å². The van der Waals surface area contributed by atoms with Crippen molar-refractivity contribution in [3.05, 3.63) is 22.8 Å². The molecule has 0 atom stereocenters. The molecule has 0 bridgehead atoms. The van der Waals surface area contributed by atoms with Crippen LogP contribution in [-0.2, 0) is 4.74 Å². The van der Waals surface area contributed by atoms with Crippen LogP contribution in [0.2, 0.25) is 0 Å². The molecule has 1 N–H and O–H groups in total. The Hall–Kier alpha value is -2.04. The molecule has 0 unspecified atom stereocenters. The molecule has 0 spiro atoms. The van der Waals surface area contributed by atoms with Crippen molar-refractivity contribution in [1.29, 1.82) is 0 Å². The molecule has 1 aromatic rings. The average Bonchev–Trinajstić information content (AvgIpc) is 2.30. The first-order valence-electron chi connectivity index (χ1n) is 6.33. The van der Waals surface area contributed by atoms with Crippen molar-refractivity contribution in [2.24, 2.45) is 0 Å². The van der Waals surface area contributed by atoms with E-state index in [1.54, 1.807) is 33.8 Å². The van der Waals surface area contributed by atoms with E-state index < -0.39 is 11.7 Å². The first kappa shape index (κ1) is 16.0. The van der Waals surface area contributed by atoms with Crippen LogP contribution >= 0.6 is 0 Å². The molecule has 20 heavy (non-hydrogen) atoms. The van der Waals surface area contributed by atoms with E-state index in [2.05, 4.69) is 5.32 Å². The van der Waals surface area contributed by atoms with Crippen molar-refractivity contribution >= 4 is 18.1 Å². The molecule has 0 radical (unpaired) electrons. The first-order chi connectivity index (χ1) is 9.19. The number of aryl methyl sites for hydroxylation is 1. The first-order valence-corrected chi connectivity index (χ1v) is 6.33. The number of carbonyl (C=O) groups excluding carboxylic acids is 2. The van der Waals surface area contributed by atoms with Crippen LogP contribution in [0, 0.1) is 13.8 Å². The average molecular weight is 279 g/mol. The van der Waals surface area contributed by atoms with Crippen LogP contribution in [0.15, 0.2) is 6.07 Å². The number of hydrogen-bond acceptors (Lipinski definition) is 4. The number of anilines is 1. The zero-order valence-electron chi connectivity index (χ0n) is 12.8. The summed E-state index contributed by atoms with van der Waals surface area (Å²) in [4.78, 5) is 23.0. The van der Waals surface area contributed by atoms with Gasteiger partial charge in [-0.25, -0.2) is 4.79 Å². The molecule has 5 nitrogen and oxygen atoms in total. The summed E-state index contributed by atoms with van der Waals surface area (Å²) in [5.74, 6) is 0.521. The smallest absolute Gasteiger partial charge is 0.412 e. The molecule has 5 heteroatoms. The number of ether oxygens (including phenoxy) is 2. The largest absolute Gasteiger partial charge is 0.496 e. The molecule has 110 valence electrons. The molecular formula is C15H21NO4. The summed E-state index contributed by atoms with van der Waals surface area (Å²) in [5.41, 5.74) is 1.81. The predicted octanol–water partition coefficient (Wildman–Crippen LogP) is 3.47. The van der Waals surface area contributed by atoms with Gasteiger partial charge in [-0.2, -0.15) is 0 Å². The minimum Gasteiger partial charge on any atom is -0.496 e. The summed E-state index contributed by atoms with van der Waals surface area (Å²) in [7, 11) is 1.51. The molecule has 1 rings (SSSR count). The Labute approximate surface area is 119 Å². The molecular weight excluding hydrogens is 258 g/mol. The molecule has 1 aromatic carbocycles. The van der Waals surface area contributed by atoms with E-state index >= 15 is 0 Å². The highest BCUT2D eigenvalue weighted by Crippen LogP contribution is 2.31. The lowest BCUT2D eigenvalue weighted by Gasteiger charge is -2.21. The summed E-state index contributed by atoms with van der Waals surface area (Å²) in [6.07, 6.45) is 0.170. The molecule has 0 aliphatic heterocycles. The van der Waals surface area contributed by atoms with Gasteiger partial charge >= 0.3 is 6.09 Å². The summed E-state index contributed by atoms with van der Waals surface area (Å²) < 4.78 is 10.4. The monoisotopic (exact) mass is 279 g/mol. The maximum absolute atomic E-state index is 11.8. The number of rotatable bonds is 3. The lowest BCUT2D eigenvalue weighted by Crippen LogP contribution is -2.27. The molecule has 0 aliphatic rings. The number of carbonyl (C=O) groups is 2. The minimum atomic E-state index is -0.576. The molecule has 0 saturated carbocycles. The van der Waals surface area contributed by atoms with Gasteiger partial charge in [0.25, 0.3) is 0 Å². The van der Waals surface area contributed by atoms with E-state index in [9.17, 15) is 9.59 Å². The van der Waals surface area contributed by atoms with Gasteiger partial charge in [0.1, 0.15) is 11.4 Å². The highest BCUT2D eigenvalue weighted by atomic mass is 16.6. The molecule has 0 fully saturated rings. The van der Waals surface area contributed by atoms with Crippen molar-refractivity contribution in [2.75, 3.05) is 12.4 Å². The van der Waals surface area contributed by atoms with Gasteiger partial charge in [-0.1, -0.05) is 0 Å². The second-order valence-electron chi connectivity index (χ2n) is 5.56. The number of nitrogens with one attached hydrogen (secondary N) is 1. The Morgan fingerprint density at radius 2 is 1.90 bits per heavy atom. The van der Waals surface area contributed by atoms with Gasteiger partial charge in [0.2, 0.25) is 0 Å². The van der Waals surface area contributed by atoms with Crippen LogP contribution in [0.3, 0.4) is 0 Å². The second kappa shape index (κ2) is 5.94. The summed E-state index contributed by atoms with van der Waals surface area (Å²) in [6.45, 7) is 8.92. The van der Waals surface area contributed by atoms with Gasteiger partial charge in [0.15, 0.2) is 6.29 Å². The van der Waals surface area contributed by atoms with Gasteiger partial charge in [-0.05, 0) is 51.8 Å². The summed E-state index contributed by atoms with van der Waals surface area (Å²) in [6, 6.07) is 1.76. The second-order valence-corrected chi connectivity index (χ2v) is 5.56. The van der Waals surface area contributed by atoms with Crippen LogP contribution in [0.4, 0.5) is 10.5 Å². The molecule has 0 heterocycles. The van der Waals surface area contributed by atoms with Crippen LogP contribution in [-0.4, -0.2) is 25.1 Å². The van der Waals surface area contributed by atoms with Crippen LogP contribution in [0.5, 0.6) is 5.75 Å². The quantitative estimate of drug-likeness (QED) is 0.860. The molecule has 0 aromatic heterocycles. The highest BCUT2D eigenvalue weighted by molar-refractivity contribution is 5.91. The number of benzene rings is 1. The van der Waals surface area contributed by atoms with E-state index in [0.29, 0.717) is 22.6 Å². The van der Waals surface area contributed by atoms with E-state index in [4.69, 9.17) is 9.47 Å². The number of amides is 1. The van der Waals surface area contributed by atoms with Crippen molar-refractivity contribution in [2.45, 2.75) is 40.2 Å². The number of aldehydes is 1. The Morgan fingerprint density at radius 1 is 1.30 bits per heavy atom. The third-order valence-corrected chi connectivity index (χ3v) is 2.73. The molecule has 1 amide bonds. The predicted molar refractivity (Wildman–Crippen MR) is 77.7 cm³/mol. The standard InChI is InChI=1S/C15H21NO4/c1-9-7-12(16-14(18)20-15(3,4)5)10(2)11(8-17)13(9)19-6/h7-8H,1-6H3,(H,16,18). The van der Waals surface area contributed by atoms with Crippen LogP contribution in [0.25, 0.3) is 0 Å². The van der Waals surface area contributed by atoms with E-state index in [0.717, 1.165) is 11.8 Å². The van der Waals surface area contributed by atoms with E-state index in [-0.39, 0.29) is 0 Å². The number of methoxy groups -OCH3 is 1. The van der Waals surface area contributed by atoms with E-state index in [1.807, 2.05) is 6.92 Å². The number of hydrogen-bond donors (Lipinski definition) is 1. The van der Waals surface area contributed by atoms with Crippen molar-refractivity contribution in [1.82, 2.24) is 0 Å². The van der Waals surface area contributed by atoms with Gasteiger partial charge in [-0.15, -0.1) is 0 Å². The Kier molecular flexibility index (Phi) is 4.76. The fraction of sp³-hybridized carbons (Fsp3) is 0.467. The highest BCUT2D eigenvalue weighted by Gasteiger charge is 2.19. The van der Waals surface area contributed by atoms with Crippen molar-refractivity contribution in [3.8, 4) is 5.75 Å². The van der Waals surface area contributed by atoms with Gasteiger partial charge in [0.05, 0.1) is 12.7 Å².